The predicted octanol–water partition coefficient (Wildman–Crippen LogP) is 5.74. The highest BCUT2D eigenvalue weighted by Crippen LogP contribution is 2.45. The maximum Gasteiger partial charge on any atom is 0.414 e. The number of aromatic nitrogens is 2. The van der Waals surface area contributed by atoms with Crippen molar-refractivity contribution in [3.63, 3.8) is 0 Å². The van der Waals surface area contributed by atoms with Gasteiger partial charge in [-0.25, -0.2) is 9.18 Å². The number of hydrogen-bond donors (Lipinski definition) is 0. The number of nitrogens with zero attached hydrogens (tertiary/aromatic N) is 3. The monoisotopic (exact) mass is 465 g/mol. The summed E-state index contributed by atoms with van der Waals surface area (Å²) in [4.78, 5) is 14.3. The standard InChI is InChI=1S/C26H28FN3O4/c1-17-3-8-23-24(30(17)26(31)32-2)10-9-22(25(23)34-21-6-4-19(27)5-7-21)18-15-28-29(16-18)20-11-13-33-14-12-20/h4-7,9-10,15-17,20H,3,8,11-14H2,1-2H3/t17-/m0/s1. The first-order valence-electron chi connectivity index (χ1n) is 11.6. The number of hydrogen-bond acceptors (Lipinski definition) is 5. The molecule has 7 nitrogen and oxygen atoms in total. The molecule has 0 unspecified atom stereocenters. The van der Waals surface area contributed by atoms with Crippen molar-refractivity contribution in [3.8, 4) is 22.6 Å². The van der Waals surface area contributed by atoms with Gasteiger partial charge in [-0.1, -0.05) is 0 Å². The molecule has 0 spiro atoms. The molecular weight excluding hydrogens is 437 g/mol. The molecule has 0 N–H and O–H groups in total. The minimum atomic E-state index is -0.402. The molecule has 0 bridgehead atoms. The number of benzene rings is 2. The molecule has 1 aromatic heterocycles. The van der Waals surface area contributed by atoms with Gasteiger partial charge in [-0.15, -0.1) is 0 Å². The Balaban J connectivity index is 1.59. The van der Waals surface area contributed by atoms with E-state index in [1.165, 1.54) is 19.2 Å². The fraction of sp³-hybridized carbons (Fsp3) is 0.385. The molecule has 8 heteroatoms. The van der Waals surface area contributed by atoms with Crippen LogP contribution in [-0.4, -0.2) is 42.2 Å². The van der Waals surface area contributed by atoms with Crippen LogP contribution < -0.4 is 9.64 Å². The number of halogens is 1. The molecule has 1 saturated heterocycles. The zero-order chi connectivity index (χ0) is 23.7. The predicted molar refractivity (Wildman–Crippen MR) is 126 cm³/mol. The van der Waals surface area contributed by atoms with Gasteiger partial charge in [-0.2, -0.15) is 5.10 Å². The van der Waals surface area contributed by atoms with Crippen LogP contribution in [0.15, 0.2) is 48.8 Å². The highest BCUT2D eigenvalue weighted by Gasteiger charge is 2.32. The molecule has 2 aliphatic heterocycles. The van der Waals surface area contributed by atoms with E-state index in [1.54, 1.807) is 17.0 Å². The van der Waals surface area contributed by atoms with Crippen LogP contribution in [-0.2, 0) is 15.9 Å². The highest BCUT2D eigenvalue weighted by atomic mass is 19.1. The number of amides is 1. The van der Waals surface area contributed by atoms with E-state index in [1.807, 2.05) is 36.1 Å². The van der Waals surface area contributed by atoms with Gasteiger partial charge in [-0.05, 0) is 69.0 Å². The second-order valence-electron chi connectivity index (χ2n) is 8.78. The van der Waals surface area contributed by atoms with Crippen molar-refractivity contribution in [2.45, 2.75) is 44.7 Å². The zero-order valence-corrected chi connectivity index (χ0v) is 19.4. The van der Waals surface area contributed by atoms with E-state index < -0.39 is 6.09 Å². The first-order valence-corrected chi connectivity index (χ1v) is 11.6. The quantitative estimate of drug-likeness (QED) is 0.492. The molecule has 1 amide bonds. The van der Waals surface area contributed by atoms with Crippen LogP contribution in [0.3, 0.4) is 0 Å². The molecule has 178 valence electrons. The SMILES string of the molecule is COC(=O)N1c2ccc(-c3cnn(C4CCOCC4)c3)c(Oc3ccc(F)cc3)c2CC[C@@H]1C. The minimum Gasteiger partial charge on any atom is -0.456 e. The Morgan fingerprint density at radius 3 is 2.62 bits per heavy atom. The minimum absolute atomic E-state index is 0.000687. The molecule has 2 aromatic carbocycles. The van der Waals surface area contributed by atoms with E-state index in [2.05, 4.69) is 5.10 Å². The lowest BCUT2D eigenvalue weighted by molar-refractivity contribution is 0.0662. The summed E-state index contributed by atoms with van der Waals surface area (Å²) in [6.45, 7) is 3.48. The molecule has 2 aliphatic rings. The van der Waals surface area contributed by atoms with Crippen LogP contribution in [0.4, 0.5) is 14.9 Å². The van der Waals surface area contributed by atoms with Gasteiger partial charge >= 0.3 is 6.09 Å². The van der Waals surface area contributed by atoms with Crippen LogP contribution in [0.25, 0.3) is 11.1 Å². The van der Waals surface area contributed by atoms with E-state index in [9.17, 15) is 9.18 Å². The summed E-state index contributed by atoms with van der Waals surface area (Å²) in [6, 6.07) is 10.2. The summed E-state index contributed by atoms with van der Waals surface area (Å²) >= 11 is 0. The number of carbonyl (C=O) groups is 1. The van der Waals surface area contributed by atoms with Crippen molar-refractivity contribution >= 4 is 11.8 Å². The van der Waals surface area contributed by atoms with Crippen molar-refractivity contribution in [3.05, 3.63) is 60.2 Å². The van der Waals surface area contributed by atoms with Gasteiger partial charge < -0.3 is 14.2 Å². The Hall–Kier alpha value is -3.39. The van der Waals surface area contributed by atoms with Crippen LogP contribution in [0.1, 0.15) is 37.8 Å². The summed E-state index contributed by atoms with van der Waals surface area (Å²) < 4.78 is 32.4. The second kappa shape index (κ2) is 9.46. The van der Waals surface area contributed by atoms with E-state index in [4.69, 9.17) is 14.2 Å². The number of carbonyl (C=O) groups excluding carboxylic acids is 1. The lowest BCUT2D eigenvalue weighted by atomic mass is 9.92. The third kappa shape index (κ3) is 4.25. The normalized spacial score (nSPS) is 18.4. The molecule has 3 aromatic rings. The Bertz CT molecular complexity index is 1170. The fourth-order valence-corrected chi connectivity index (χ4v) is 4.77. The topological polar surface area (TPSA) is 65.8 Å². The summed E-state index contributed by atoms with van der Waals surface area (Å²) in [5.74, 6) is 0.846. The van der Waals surface area contributed by atoms with Gasteiger partial charge in [-0.3, -0.25) is 9.58 Å². The van der Waals surface area contributed by atoms with Crippen molar-refractivity contribution in [2.24, 2.45) is 0 Å². The maximum atomic E-state index is 13.5. The lowest BCUT2D eigenvalue weighted by Crippen LogP contribution is -2.42. The number of methoxy groups -OCH3 is 1. The Morgan fingerprint density at radius 1 is 1.12 bits per heavy atom. The number of anilines is 1. The van der Waals surface area contributed by atoms with Crippen molar-refractivity contribution < 1.29 is 23.4 Å². The number of ether oxygens (including phenoxy) is 3. The van der Waals surface area contributed by atoms with Crippen LogP contribution in [0.2, 0.25) is 0 Å². The van der Waals surface area contributed by atoms with Crippen LogP contribution in [0.5, 0.6) is 11.5 Å². The highest BCUT2D eigenvalue weighted by molar-refractivity contribution is 5.92. The average Bonchev–Trinajstić information content (AvgIpc) is 3.35. The van der Waals surface area contributed by atoms with E-state index in [0.717, 1.165) is 61.3 Å². The van der Waals surface area contributed by atoms with Gasteiger partial charge in [0.1, 0.15) is 17.3 Å². The first-order chi connectivity index (χ1) is 16.5. The molecule has 5 rings (SSSR count). The van der Waals surface area contributed by atoms with Crippen molar-refractivity contribution in [2.75, 3.05) is 25.2 Å². The fourth-order valence-electron chi connectivity index (χ4n) is 4.77. The molecule has 0 aliphatic carbocycles. The van der Waals surface area contributed by atoms with E-state index >= 15 is 0 Å². The molecule has 0 saturated carbocycles. The zero-order valence-electron chi connectivity index (χ0n) is 19.4. The smallest absolute Gasteiger partial charge is 0.414 e. The second-order valence-corrected chi connectivity index (χ2v) is 8.78. The van der Waals surface area contributed by atoms with Gasteiger partial charge in [0.25, 0.3) is 0 Å². The average molecular weight is 466 g/mol. The maximum absolute atomic E-state index is 13.5. The van der Waals surface area contributed by atoms with Crippen LogP contribution in [0, 0.1) is 5.82 Å². The summed E-state index contributed by atoms with van der Waals surface area (Å²) in [5.41, 5.74) is 3.49. The Morgan fingerprint density at radius 2 is 1.88 bits per heavy atom. The summed E-state index contributed by atoms with van der Waals surface area (Å²) in [7, 11) is 1.39. The third-order valence-electron chi connectivity index (χ3n) is 6.63. The molecular formula is C26H28FN3O4. The van der Waals surface area contributed by atoms with Gasteiger partial charge in [0, 0.05) is 42.1 Å². The summed E-state index contributed by atoms with van der Waals surface area (Å²) in [6.07, 6.45) is 6.85. The van der Waals surface area contributed by atoms with E-state index in [0.29, 0.717) is 17.5 Å². The number of rotatable bonds is 4. The molecule has 34 heavy (non-hydrogen) atoms. The first kappa shape index (κ1) is 22.4. The lowest BCUT2D eigenvalue weighted by Gasteiger charge is -2.35. The molecule has 1 fully saturated rings. The largest absolute Gasteiger partial charge is 0.456 e. The Kier molecular flexibility index (Phi) is 6.24. The Labute approximate surface area is 198 Å². The van der Waals surface area contributed by atoms with Gasteiger partial charge in [0.2, 0.25) is 0 Å². The van der Waals surface area contributed by atoms with Gasteiger partial charge in [0.05, 0.1) is 25.0 Å². The van der Waals surface area contributed by atoms with Gasteiger partial charge in [0.15, 0.2) is 0 Å². The third-order valence-corrected chi connectivity index (χ3v) is 6.63. The van der Waals surface area contributed by atoms with Crippen LogP contribution >= 0.6 is 0 Å². The number of fused-ring (bicyclic) bond motifs is 1. The molecule has 1 atom stereocenters. The van der Waals surface area contributed by atoms with Crippen molar-refractivity contribution in [1.29, 1.82) is 0 Å². The van der Waals surface area contributed by atoms with E-state index in [-0.39, 0.29) is 11.9 Å². The summed E-state index contributed by atoms with van der Waals surface area (Å²) in [5, 5.41) is 4.63. The molecule has 3 heterocycles. The van der Waals surface area contributed by atoms with Crippen molar-refractivity contribution in [1.82, 2.24) is 9.78 Å². The molecule has 0 radical (unpaired) electrons.